The molecule has 4 aliphatic rings. The van der Waals surface area contributed by atoms with Crippen molar-refractivity contribution in [2.75, 3.05) is 62.2 Å². The summed E-state index contributed by atoms with van der Waals surface area (Å²) in [5.41, 5.74) is 2.20. The van der Waals surface area contributed by atoms with Gasteiger partial charge >= 0.3 is 6.01 Å². The number of ether oxygens (including phenoxy) is 1. The van der Waals surface area contributed by atoms with E-state index in [0.29, 0.717) is 76.6 Å². The number of hydrogen-bond acceptors (Lipinski definition) is 8. The van der Waals surface area contributed by atoms with Gasteiger partial charge in [0.1, 0.15) is 24.4 Å². The second-order valence-electron chi connectivity index (χ2n) is 13.1. The van der Waals surface area contributed by atoms with Gasteiger partial charge in [-0.05, 0) is 36.3 Å². The Morgan fingerprint density at radius 3 is 2.60 bits per heavy atom. The Kier molecular flexibility index (Phi) is 9.72. The molecule has 1 amide bonds. The van der Waals surface area contributed by atoms with Crippen LogP contribution < -0.4 is 14.5 Å². The maximum atomic E-state index is 14.6. The lowest BCUT2D eigenvalue weighted by molar-refractivity contribution is -0.128. The average Bonchev–Trinajstić information content (AvgIpc) is 3.54. The van der Waals surface area contributed by atoms with Gasteiger partial charge in [-0.2, -0.15) is 15.2 Å². The number of carbonyl (C=O) groups excluding carboxylic acids is 1. The number of aromatic nitrogens is 2. The number of nitriles is 1. The second-order valence-corrected chi connectivity index (χ2v) is 13.5. The molecule has 3 unspecified atom stereocenters. The van der Waals surface area contributed by atoms with E-state index in [-0.39, 0.29) is 16.6 Å². The zero-order valence-corrected chi connectivity index (χ0v) is 27.9. The largest absolute Gasteiger partial charge is 0.461 e. The molecule has 13 heteroatoms. The Bertz CT molecular complexity index is 1750. The van der Waals surface area contributed by atoms with Gasteiger partial charge in [0.15, 0.2) is 5.83 Å². The number of fused-ring (bicyclic) bond motifs is 3. The van der Waals surface area contributed by atoms with Gasteiger partial charge in [0.05, 0.1) is 28.9 Å². The lowest BCUT2D eigenvalue weighted by Crippen LogP contribution is -2.49. The van der Waals surface area contributed by atoms with E-state index in [1.807, 2.05) is 18.2 Å². The molecule has 2 aromatic carbocycles. The Hall–Kier alpha value is -4.08. The summed E-state index contributed by atoms with van der Waals surface area (Å²) in [6.07, 6.45) is 1.02. The highest BCUT2D eigenvalue weighted by atomic mass is 35.5. The van der Waals surface area contributed by atoms with Crippen LogP contribution in [0.3, 0.4) is 0 Å². The summed E-state index contributed by atoms with van der Waals surface area (Å²) in [6, 6.07) is 10.9. The Morgan fingerprint density at radius 1 is 1.12 bits per heavy atom. The minimum Gasteiger partial charge on any atom is -0.461 e. The zero-order chi connectivity index (χ0) is 34.2. The number of rotatable bonds is 6. The maximum Gasteiger partial charge on any atom is 0.318 e. The quantitative estimate of drug-likeness (QED) is 0.300. The molecule has 4 aliphatic heterocycles. The number of alkyl halides is 1. The van der Waals surface area contributed by atoms with Crippen molar-refractivity contribution in [1.82, 2.24) is 19.8 Å². The zero-order valence-electron chi connectivity index (χ0n) is 27.2. The first-order valence-corrected chi connectivity index (χ1v) is 16.6. The van der Waals surface area contributed by atoms with Crippen molar-refractivity contribution < 1.29 is 22.7 Å². The third kappa shape index (κ3) is 6.50. The average molecular weight is 682 g/mol. The molecule has 0 radical (unpaired) electrons. The third-order valence-corrected chi connectivity index (χ3v) is 10.2. The molecule has 3 atom stereocenters. The van der Waals surface area contributed by atoms with Gasteiger partial charge < -0.3 is 19.4 Å². The van der Waals surface area contributed by atoms with E-state index in [1.54, 1.807) is 12.1 Å². The molecular weight excluding hydrogens is 643 g/mol. The molecule has 7 rings (SSSR count). The highest BCUT2D eigenvalue weighted by molar-refractivity contribution is 6.36. The fourth-order valence-electron chi connectivity index (χ4n) is 7.78. The number of piperazine rings is 1. The molecule has 48 heavy (non-hydrogen) atoms. The van der Waals surface area contributed by atoms with Gasteiger partial charge in [-0.15, -0.1) is 0 Å². The van der Waals surface area contributed by atoms with E-state index < -0.39 is 23.7 Å². The number of carbonyl (C=O) groups is 1. The fraction of sp³-hybridized carbons (Fsp3) is 0.486. The number of benzene rings is 2. The molecule has 0 spiro atoms. The smallest absolute Gasteiger partial charge is 0.318 e. The number of amides is 1. The predicted octanol–water partition coefficient (Wildman–Crippen LogP) is 5.85. The fourth-order valence-corrected chi connectivity index (χ4v) is 8.05. The third-order valence-electron chi connectivity index (χ3n) is 9.80. The molecule has 3 saturated heterocycles. The van der Waals surface area contributed by atoms with E-state index in [1.165, 1.54) is 17.9 Å². The van der Waals surface area contributed by atoms with Crippen LogP contribution in [0.4, 0.5) is 24.7 Å². The van der Waals surface area contributed by atoms with Crippen LogP contribution in [0.1, 0.15) is 37.9 Å². The van der Waals surface area contributed by atoms with Crippen LogP contribution in [-0.2, 0) is 17.8 Å². The molecule has 5 heterocycles. The highest BCUT2D eigenvalue weighted by Crippen LogP contribution is 2.43. The summed E-state index contributed by atoms with van der Waals surface area (Å²) >= 11 is 6.48. The van der Waals surface area contributed by atoms with Crippen LogP contribution in [0.5, 0.6) is 6.01 Å². The molecule has 0 saturated carbocycles. The molecule has 0 bridgehead atoms. The molecule has 254 valence electrons. The topological polar surface area (TPSA) is 88.8 Å². The summed E-state index contributed by atoms with van der Waals surface area (Å²) in [7, 11) is 0. The lowest BCUT2D eigenvalue weighted by atomic mass is 9.91. The summed E-state index contributed by atoms with van der Waals surface area (Å²) in [4.78, 5) is 29.9. The van der Waals surface area contributed by atoms with Gasteiger partial charge in [-0.25, -0.2) is 13.2 Å². The number of hydrogen-bond donors (Lipinski definition) is 0. The van der Waals surface area contributed by atoms with Crippen LogP contribution in [0.2, 0.25) is 5.02 Å². The first-order valence-electron chi connectivity index (χ1n) is 16.3. The van der Waals surface area contributed by atoms with Crippen molar-refractivity contribution in [3.8, 4) is 12.1 Å². The van der Waals surface area contributed by atoms with Crippen molar-refractivity contribution in [3.63, 3.8) is 0 Å². The summed E-state index contributed by atoms with van der Waals surface area (Å²) in [6.45, 7) is 11.0. The van der Waals surface area contributed by atoms with Crippen molar-refractivity contribution >= 4 is 39.8 Å². The summed E-state index contributed by atoms with van der Waals surface area (Å²) < 4.78 is 49.0. The molecule has 3 fully saturated rings. The van der Waals surface area contributed by atoms with Crippen molar-refractivity contribution in [3.05, 3.63) is 64.8 Å². The standard InChI is InChI=1S/C33H36ClF3N6O2.C2H3N/c1-20-14-33(15-23(36)17-43(33)16-20)19-45-32-38-26-18-42(27-5-3-4-22-6-7-25(37)29(34)28(22)27)9-8-24(26)30(39-32)40-10-12-41(13-11-40)31(44)21(2)35;1-2-3/h3-7,20,23H,2,8-19H2,1H3;1H3. The summed E-state index contributed by atoms with van der Waals surface area (Å²) in [5, 5.41) is 8.90. The first kappa shape index (κ1) is 33.8. The van der Waals surface area contributed by atoms with E-state index in [4.69, 9.17) is 31.6 Å². The monoisotopic (exact) mass is 681 g/mol. The van der Waals surface area contributed by atoms with Crippen LogP contribution in [-0.4, -0.2) is 89.8 Å². The highest BCUT2D eigenvalue weighted by Gasteiger charge is 2.51. The predicted molar refractivity (Wildman–Crippen MR) is 179 cm³/mol. The van der Waals surface area contributed by atoms with Gasteiger partial charge in [0, 0.05) is 75.8 Å². The van der Waals surface area contributed by atoms with E-state index in [9.17, 15) is 18.0 Å². The molecule has 0 aliphatic carbocycles. The number of halogens is 4. The Balaban J connectivity index is 0.00000129. The van der Waals surface area contributed by atoms with Gasteiger partial charge in [0.2, 0.25) is 0 Å². The van der Waals surface area contributed by atoms with Gasteiger partial charge in [-0.3, -0.25) is 9.69 Å². The maximum absolute atomic E-state index is 14.6. The second kappa shape index (κ2) is 13.8. The molecule has 3 aromatic rings. The minimum atomic E-state index is -0.968. The van der Waals surface area contributed by atoms with Crippen LogP contribution in [0, 0.1) is 23.1 Å². The molecule has 0 N–H and O–H groups in total. The van der Waals surface area contributed by atoms with Crippen molar-refractivity contribution in [2.45, 2.75) is 51.4 Å². The van der Waals surface area contributed by atoms with Crippen LogP contribution >= 0.6 is 11.6 Å². The van der Waals surface area contributed by atoms with Gasteiger partial charge in [-0.1, -0.05) is 43.3 Å². The van der Waals surface area contributed by atoms with E-state index in [0.717, 1.165) is 41.1 Å². The van der Waals surface area contributed by atoms with Gasteiger partial charge in [0.25, 0.3) is 5.91 Å². The van der Waals surface area contributed by atoms with E-state index in [2.05, 4.69) is 28.2 Å². The van der Waals surface area contributed by atoms with Crippen molar-refractivity contribution in [1.29, 1.82) is 5.26 Å². The van der Waals surface area contributed by atoms with Crippen LogP contribution in [0.15, 0.2) is 42.7 Å². The SMILES string of the molecule is C=C(F)C(=O)N1CCN(c2nc(OCC34CC(C)CN3CC(F)C4)nc3c2CCN(c2cccc4ccc(F)c(Cl)c24)C3)CC1.CC#N. The minimum absolute atomic E-state index is 0.0852. The van der Waals surface area contributed by atoms with Crippen molar-refractivity contribution in [2.24, 2.45) is 5.92 Å². The first-order chi connectivity index (χ1) is 23.0. The molecule has 9 nitrogen and oxygen atoms in total. The summed E-state index contributed by atoms with van der Waals surface area (Å²) in [5.74, 6) is -0.954. The normalized spacial score (nSPS) is 23.6. The molecular formula is C35H39ClF3N7O2. The molecule has 1 aromatic heterocycles. The van der Waals surface area contributed by atoms with E-state index >= 15 is 0 Å². The Labute approximate surface area is 283 Å². The Morgan fingerprint density at radius 2 is 1.88 bits per heavy atom. The number of anilines is 2. The van der Waals surface area contributed by atoms with Crippen LogP contribution in [0.25, 0.3) is 10.8 Å². The number of nitrogens with zero attached hydrogens (tertiary/aromatic N) is 7. The lowest BCUT2D eigenvalue weighted by Gasteiger charge is -2.38.